The molecule has 0 aliphatic heterocycles. The van der Waals surface area contributed by atoms with E-state index in [1.54, 1.807) is 0 Å². The number of aromatic nitrogens is 1. The zero-order valence-electron chi connectivity index (χ0n) is 21.3. The average Bonchev–Trinajstić information content (AvgIpc) is 3.34. The van der Waals surface area contributed by atoms with Gasteiger partial charge >= 0.3 is 0 Å². The van der Waals surface area contributed by atoms with Crippen LogP contribution in [0.1, 0.15) is 50.4 Å². The Balaban J connectivity index is 1.31. The summed E-state index contributed by atoms with van der Waals surface area (Å²) < 4.78 is 12.0. The molecule has 0 saturated heterocycles. The number of amides is 1. The van der Waals surface area contributed by atoms with Gasteiger partial charge in [0.1, 0.15) is 17.9 Å². The van der Waals surface area contributed by atoms with Gasteiger partial charge in [-0.2, -0.15) is 0 Å². The van der Waals surface area contributed by atoms with E-state index in [1.165, 1.54) is 0 Å². The number of nitrogens with one attached hydrogen (secondary N) is 2. The van der Waals surface area contributed by atoms with E-state index in [0.29, 0.717) is 24.0 Å². The number of carbonyl (C=O) groups is 1. The fourth-order valence-corrected chi connectivity index (χ4v) is 3.89. The number of carbonyl (C=O) groups excluding carboxylic acids is 1. The summed E-state index contributed by atoms with van der Waals surface area (Å²) in [7, 11) is 0. The van der Waals surface area contributed by atoms with Crippen molar-refractivity contribution in [3.63, 3.8) is 0 Å². The summed E-state index contributed by atoms with van der Waals surface area (Å²) in [5, 5.41) is 6.53. The maximum Gasteiger partial charge on any atom is 0.251 e. The third-order valence-electron chi connectivity index (χ3n) is 6.19. The minimum atomic E-state index is -0.0253. The van der Waals surface area contributed by atoms with Gasteiger partial charge < -0.3 is 19.8 Å². The van der Waals surface area contributed by atoms with Gasteiger partial charge in [0.15, 0.2) is 5.58 Å². The highest BCUT2D eigenvalue weighted by molar-refractivity contribution is 5.94. The standard InChI is InChI=1S/C30H35N3O3/c1-4-5-8-19-31-29(34)22-11-15-24(16-12-22)32-27(21(2)3)20-35-25-17-13-23(14-18-25)30-33-26-9-6-7-10-28(26)36-30/h6-7,9-18,21,27,32H,4-5,8,19-20H2,1-3H3,(H,31,34)/t27-/m1/s1. The normalized spacial score (nSPS) is 12.0. The van der Waals surface area contributed by atoms with Gasteiger partial charge in [0, 0.05) is 23.4 Å². The monoisotopic (exact) mass is 485 g/mol. The molecule has 1 heterocycles. The van der Waals surface area contributed by atoms with E-state index in [9.17, 15) is 4.79 Å². The molecule has 1 amide bonds. The highest BCUT2D eigenvalue weighted by atomic mass is 16.5. The van der Waals surface area contributed by atoms with Crippen molar-refractivity contribution in [2.75, 3.05) is 18.5 Å². The average molecular weight is 486 g/mol. The molecule has 36 heavy (non-hydrogen) atoms. The van der Waals surface area contributed by atoms with E-state index in [2.05, 4.69) is 36.4 Å². The molecule has 4 rings (SSSR count). The Morgan fingerprint density at radius 2 is 1.72 bits per heavy atom. The maximum atomic E-state index is 12.3. The molecule has 6 heteroatoms. The van der Waals surface area contributed by atoms with Gasteiger partial charge in [-0.25, -0.2) is 4.98 Å². The first-order valence-electron chi connectivity index (χ1n) is 12.8. The van der Waals surface area contributed by atoms with Crippen LogP contribution in [0.15, 0.2) is 77.2 Å². The first-order valence-corrected chi connectivity index (χ1v) is 12.8. The van der Waals surface area contributed by atoms with E-state index >= 15 is 0 Å². The summed E-state index contributed by atoms with van der Waals surface area (Å²) in [6, 6.07) is 23.3. The molecule has 2 N–H and O–H groups in total. The van der Waals surface area contributed by atoms with Gasteiger partial charge in [0.25, 0.3) is 5.91 Å². The zero-order valence-corrected chi connectivity index (χ0v) is 21.3. The third kappa shape index (κ3) is 6.66. The minimum absolute atomic E-state index is 0.0253. The summed E-state index contributed by atoms with van der Waals surface area (Å²) in [5.74, 6) is 1.72. The predicted molar refractivity (Wildman–Crippen MR) is 145 cm³/mol. The molecule has 6 nitrogen and oxygen atoms in total. The van der Waals surface area contributed by atoms with Gasteiger partial charge in [-0.05, 0) is 73.0 Å². The van der Waals surface area contributed by atoms with E-state index in [0.717, 1.165) is 53.9 Å². The highest BCUT2D eigenvalue weighted by Gasteiger charge is 2.15. The van der Waals surface area contributed by atoms with Crippen LogP contribution in [0.3, 0.4) is 0 Å². The fourth-order valence-electron chi connectivity index (χ4n) is 3.89. The number of ether oxygens (including phenoxy) is 1. The molecule has 0 aliphatic carbocycles. The van der Waals surface area contributed by atoms with Crippen LogP contribution >= 0.6 is 0 Å². The number of fused-ring (bicyclic) bond motifs is 1. The lowest BCUT2D eigenvalue weighted by Crippen LogP contribution is -2.32. The molecule has 0 unspecified atom stereocenters. The molecule has 0 aliphatic rings. The van der Waals surface area contributed by atoms with Crippen LogP contribution in [-0.4, -0.2) is 30.1 Å². The van der Waals surface area contributed by atoms with Crippen molar-refractivity contribution in [2.45, 2.75) is 46.1 Å². The summed E-state index contributed by atoms with van der Waals surface area (Å²) in [6.45, 7) is 7.71. The van der Waals surface area contributed by atoms with Gasteiger partial charge in [0.05, 0.1) is 6.04 Å². The molecule has 4 aromatic rings. The van der Waals surface area contributed by atoms with Crippen LogP contribution in [0.4, 0.5) is 5.69 Å². The van der Waals surface area contributed by atoms with Crippen molar-refractivity contribution in [3.05, 3.63) is 78.4 Å². The second-order valence-corrected chi connectivity index (χ2v) is 9.36. The fraction of sp³-hybridized carbons (Fsp3) is 0.333. The van der Waals surface area contributed by atoms with Crippen molar-refractivity contribution < 1.29 is 13.9 Å². The van der Waals surface area contributed by atoms with Crippen LogP contribution in [0.25, 0.3) is 22.6 Å². The van der Waals surface area contributed by atoms with E-state index < -0.39 is 0 Å². The number of para-hydroxylation sites is 2. The van der Waals surface area contributed by atoms with E-state index in [1.807, 2.05) is 72.8 Å². The van der Waals surface area contributed by atoms with Gasteiger partial charge in [0.2, 0.25) is 5.89 Å². The lowest BCUT2D eigenvalue weighted by molar-refractivity contribution is 0.0953. The Morgan fingerprint density at radius 3 is 2.42 bits per heavy atom. The van der Waals surface area contributed by atoms with Crippen molar-refractivity contribution in [3.8, 4) is 17.2 Å². The highest BCUT2D eigenvalue weighted by Crippen LogP contribution is 2.26. The number of anilines is 1. The molecule has 1 atom stereocenters. The molecule has 0 fully saturated rings. The van der Waals surface area contributed by atoms with Crippen LogP contribution in [-0.2, 0) is 0 Å². The molecular weight excluding hydrogens is 450 g/mol. The Hall–Kier alpha value is -3.80. The summed E-state index contributed by atoms with van der Waals surface area (Å²) in [5.41, 5.74) is 4.17. The quantitative estimate of drug-likeness (QED) is 0.213. The topological polar surface area (TPSA) is 76.4 Å². The Bertz CT molecular complexity index is 1210. The number of oxazole rings is 1. The van der Waals surface area contributed by atoms with Crippen molar-refractivity contribution >= 4 is 22.7 Å². The third-order valence-corrected chi connectivity index (χ3v) is 6.19. The smallest absolute Gasteiger partial charge is 0.251 e. The van der Waals surface area contributed by atoms with E-state index in [4.69, 9.17) is 9.15 Å². The lowest BCUT2D eigenvalue weighted by atomic mass is 10.0. The molecule has 0 spiro atoms. The van der Waals surface area contributed by atoms with Crippen molar-refractivity contribution in [1.29, 1.82) is 0 Å². The SMILES string of the molecule is CCCCCNC(=O)c1ccc(N[C@H](COc2ccc(-c3nc4ccccc4o3)cc2)C(C)C)cc1. The molecule has 0 saturated carbocycles. The number of hydrogen-bond acceptors (Lipinski definition) is 5. The van der Waals surface area contributed by atoms with Gasteiger partial charge in [-0.1, -0.05) is 45.7 Å². The number of nitrogens with zero attached hydrogens (tertiary/aromatic N) is 1. The van der Waals surface area contributed by atoms with Crippen LogP contribution in [0.2, 0.25) is 0 Å². The summed E-state index contributed by atoms with van der Waals surface area (Å²) in [6.07, 6.45) is 3.28. The van der Waals surface area contributed by atoms with Crippen molar-refractivity contribution in [1.82, 2.24) is 10.3 Å². The van der Waals surface area contributed by atoms with Gasteiger partial charge in [-0.15, -0.1) is 0 Å². The van der Waals surface area contributed by atoms with Crippen LogP contribution in [0, 0.1) is 5.92 Å². The Morgan fingerprint density at radius 1 is 0.972 bits per heavy atom. The number of rotatable bonds is 12. The number of hydrogen-bond donors (Lipinski definition) is 2. The molecule has 3 aromatic carbocycles. The number of unbranched alkanes of at least 4 members (excludes halogenated alkanes) is 2. The molecular formula is C30H35N3O3. The maximum absolute atomic E-state index is 12.3. The summed E-state index contributed by atoms with van der Waals surface area (Å²) >= 11 is 0. The molecule has 0 bridgehead atoms. The minimum Gasteiger partial charge on any atom is -0.491 e. The summed E-state index contributed by atoms with van der Waals surface area (Å²) in [4.78, 5) is 16.9. The Labute approximate surface area is 213 Å². The van der Waals surface area contributed by atoms with Crippen LogP contribution < -0.4 is 15.4 Å². The first kappa shape index (κ1) is 25.3. The van der Waals surface area contributed by atoms with E-state index in [-0.39, 0.29) is 11.9 Å². The second kappa shape index (κ2) is 12.2. The van der Waals surface area contributed by atoms with Gasteiger partial charge in [-0.3, -0.25) is 4.79 Å². The molecule has 1 aromatic heterocycles. The second-order valence-electron chi connectivity index (χ2n) is 9.36. The number of benzene rings is 3. The zero-order chi connectivity index (χ0) is 25.3. The van der Waals surface area contributed by atoms with Crippen LogP contribution in [0.5, 0.6) is 5.75 Å². The molecule has 0 radical (unpaired) electrons. The predicted octanol–water partition coefficient (Wildman–Crippen LogP) is 6.93. The Kier molecular flexibility index (Phi) is 8.61. The molecule has 188 valence electrons. The van der Waals surface area contributed by atoms with Crippen molar-refractivity contribution in [2.24, 2.45) is 5.92 Å². The lowest BCUT2D eigenvalue weighted by Gasteiger charge is -2.24. The first-order chi connectivity index (χ1) is 17.5. The largest absolute Gasteiger partial charge is 0.491 e.